The maximum Gasteiger partial charge on any atom is 0.331 e. The van der Waals surface area contributed by atoms with Gasteiger partial charge in [0.05, 0.1) is 12.2 Å². The van der Waals surface area contributed by atoms with Crippen molar-refractivity contribution in [3.8, 4) is 0 Å². The average Bonchev–Trinajstić information content (AvgIpc) is 3.10. The van der Waals surface area contributed by atoms with Crippen molar-refractivity contribution in [1.29, 1.82) is 0 Å². The molecule has 6 heteroatoms. The molecule has 3 rings (SSSR count). The van der Waals surface area contributed by atoms with Gasteiger partial charge in [-0.15, -0.1) is 0 Å². The van der Waals surface area contributed by atoms with Crippen LogP contribution in [-0.4, -0.2) is 26.9 Å². The van der Waals surface area contributed by atoms with Gasteiger partial charge in [-0.1, -0.05) is 73.5 Å². The van der Waals surface area contributed by atoms with Gasteiger partial charge in [0.2, 0.25) is 0 Å². The van der Waals surface area contributed by atoms with Gasteiger partial charge in [-0.3, -0.25) is 4.79 Å². The van der Waals surface area contributed by atoms with Crippen molar-refractivity contribution in [2.24, 2.45) is 0 Å². The third kappa shape index (κ3) is 5.70. The fourth-order valence-electron chi connectivity index (χ4n) is 3.44. The second kappa shape index (κ2) is 10.7. The van der Waals surface area contributed by atoms with Gasteiger partial charge >= 0.3 is 5.97 Å². The van der Waals surface area contributed by atoms with Gasteiger partial charge in [-0.05, 0) is 29.7 Å². The first-order valence-electron chi connectivity index (χ1n) is 10.3. The normalized spacial score (nSPS) is 11.5. The third-order valence-corrected chi connectivity index (χ3v) is 5.46. The molecule has 3 aromatic rings. The first-order chi connectivity index (χ1) is 15.0. The highest BCUT2D eigenvalue weighted by Crippen LogP contribution is 2.23. The summed E-state index contributed by atoms with van der Waals surface area (Å²) in [6.45, 7) is 2.49. The number of carbonyl (C=O) groups is 2. The Balaban J connectivity index is 2.10. The van der Waals surface area contributed by atoms with Crippen molar-refractivity contribution in [3.63, 3.8) is 0 Å². The fourth-order valence-corrected chi connectivity index (χ4v) is 3.64. The first kappa shape index (κ1) is 22.5. The highest BCUT2D eigenvalue weighted by atomic mass is 35.5. The Bertz CT molecular complexity index is 1090. The summed E-state index contributed by atoms with van der Waals surface area (Å²) in [6, 6.07) is 16.9. The molecule has 0 bridgehead atoms. The molecule has 0 amide bonds. The zero-order chi connectivity index (χ0) is 22.2. The highest BCUT2D eigenvalue weighted by molar-refractivity contribution is 6.31. The Labute approximate surface area is 187 Å². The lowest BCUT2D eigenvalue weighted by atomic mass is 10.0. The van der Waals surface area contributed by atoms with Crippen LogP contribution in [0.4, 0.5) is 0 Å². The standard InChI is InChI=1S/C25H25ClN2O3/c1-2-3-13-24-27-22(17-29)23(28(24)16-19-11-7-8-12-21(19)26)15-20(25(30)31)14-18-9-5-4-6-10-18/h4-12,15,17H,2-3,13-14,16H2,1H3,(H,30,31)/b20-15+. The lowest BCUT2D eigenvalue weighted by Gasteiger charge is -2.13. The van der Waals surface area contributed by atoms with Gasteiger partial charge in [0.15, 0.2) is 6.29 Å². The molecule has 0 atom stereocenters. The topological polar surface area (TPSA) is 72.2 Å². The monoisotopic (exact) mass is 436 g/mol. The van der Waals surface area contributed by atoms with Crippen LogP contribution in [-0.2, 0) is 24.2 Å². The predicted molar refractivity (Wildman–Crippen MR) is 123 cm³/mol. The number of carboxylic acid groups (broad SMARTS) is 1. The Hall–Kier alpha value is -3.18. The molecule has 0 aliphatic rings. The second-order valence-corrected chi connectivity index (χ2v) is 7.74. The van der Waals surface area contributed by atoms with E-state index in [2.05, 4.69) is 11.9 Å². The Morgan fingerprint density at radius 3 is 2.48 bits per heavy atom. The molecule has 0 saturated heterocycles. The fraction of sp³-hybridized carbons (Fsp3) is 0.240. The number of nitrogens with zero attached hydrogens (tertiary/aromatic N) is 2. The second-order valence-electron chi connectivity index (χ2n) is 7.33. The number of carbonyl (C=O) groups excluding carboxylic acids is 1. The minimum Gasteiger partial charge on any atom is -0.478 e. The van der Waals surface area contributed by atoms with Crippen molar-refractivity contribution in [2.45, 2.75) is 39.2 Å². The van der Waals surface area contributed by atoms with Crippen molar-refractivity contribution < 1.29 is 14.7 Å². The molecule has 160 valence electrons. The van der Waals surface area contributed by atoms with Crippen LogP contribution in [0.2, 0.25) is 5.02 Å². The van der Waals surface area contributed by atoms with Gasteiger partial charge in [0, 0.05) is 23.4 Å². The van der Waals surface area contributed by atoms with Crippen LogP contribution in [0, 0.1) is 0 Å². The van der Waals surface area contributed by atoms with Crippen LogP contribution in [0.3, 0.4) is 0 Å². The number of carboxylic acids is 1. The number of aromatic nitrogens is 2. The Morgan fingerprint density at radius 1 is 1.13 bits per heavy atom. The van der Waals surface area contributed by atoms with Crippen LogP contribution < -0.4 is 0 Å². The molecule has 0 radical (unpaired) electrons. The van der Waals surface area contributed by atoms with E-state index in [1.807, 2.05) is 59.2 Å². The smallest absolute Gasteiger partial charge is 0.331 e. The van der Waals surface area contributed by atoms with E-state index in [1.165, 1.54) is 0 Å². The molecule has 0 unspecified atom stereocenters. The van der Waals surface area contributed by atoms with Crippen molar-refractivity contribution in [2.75, 3.05) is 0 Å². The van der Waals surface area contributed by atoms with Crippen molar-refractivity contribution >= 4 is 29.9 Å². The number of hydrogen-bond donors (Lipinski definition) is 1. The summed E-state index contributed by atoms with van der Waals surface area (Å²) >= 11 is 6.37. The molecule has 2 aromatic carbocycles. The molecular weight excluding hydrogens is 412 g/mol. The van der Waals surface area contributed by atoms with E-state index < -0.39 is 5.97 Å². The lowest BCUT2D eigenvalue weighted by Crippen LogP contribution is -2.10. The maximum atomic E-state index is 12.0. The SMILES string of the molecule is CCCCc1nc(C=O)c(/C=C(\Cc2ccccc2)C(=O)O)n1Cc1ccccc1Cl. The molecule has 0 spiro atoms. The van der Waals surface area contributed by atoms with E-state index in [1.54, 1.807) is 6.08 Å². The molecule has 0 aliphatic heterocycles. The van der Waals surface area contributed by atoms with Gasteiger partial charge in [-0.2, -0.15) is 0 Å². The number of hydrogen-bond acceptors (Lipinski definition) is 3. The van der Waals surface area contributed by atoms with E-state index in [-0.39, 0.29) is 17.7 Å². The number of benzene rings is 2. The van der Waals surface area contributed by atoms with Gasteiger partial charge < -0.3 is 9.67 Å². The van der Waals surface area contributed by atoms with Gasteiger partial charge in [0.25, 0.3) is 0 Å². The minimum absolute atomic E-state index is 0.191. The summed E-state index contributed by atoms with van der Waals surface area (Å²) in [5.74, 6) is -0.277. The largest absolute Gasteiger partial charge is 0.478 e. The number of aryl methyl sites for hydroxylation is 1. The quantitative estimate of drug-likeness (QED) is 0.339. The van der Waals surface area contributed by atoms with Crippen LogP contribution in [0.1, 0.15) is 52.9 Å². The summed E-state index contributed by atoms with van der Waals surface area (Å²) < 4.78 is 1.91. The molecule has 1 N–H and O–H groups in total. The van der Waals surface area contributed by atoms with E-state index >= 15 is 0 Å². The zero-order valence-corrected chi connectivity index (χ0v) is 18.2. The summed E-state index contributed by atoms with van der Waals surface area (Å²) in [7, 11) is 0. The summed E-state index contributed by atoms with van der Waals surface area (Å²) in [4.78, 5) is 28.3. The maximum absolute atomic E-state index is 12.0. The van der Waals surface area contributed by atoms with E-state index in [0.29, 0.717) is 30.0 Å². The van der Waals surface area contributed by atoms with Crippen molar-refractivity contribution in [1.82, 2.24) is 9.55 Å². The van der Waals surface area contributed by atoms with Crippen LogP contribution in [0.15, 0.2) is 60.2 Å². The van der Waals surface area contributed by atoms with E-state index in [9.17, 15) is 14.7 Å². The Kier molecular flexibility index (Phi) is 7.79. The Morgan fingerprint density at radius 2 is 1.84 bits per heavy atom. The summed E-state index contributed by atoms with van der Waals surface area (Å²) in [5, 5.41) is 10.4. The average molecular weight is 437 g/mol. The molecule has 0 fully saturated rings. The number of imidazole rings is 1. The third-order valence-electron chi connectivity index (χ3n) is 5.09. The van der Waals surface area contributed by atoms with Gasteiger partial charge in [0.1, 0.15) is 11.5 Å². The lowest BCUT2D eigenvalue weighted by molar-refractivity contribution is -0.132. The molecular formula is C25H25ClN2O3. The number of aldehydes is 1. The minimum atomic E-state index is -1.03. The number of unbranched alkanes of at least 4 members (excludes halogenated alkanes) is 1. The number of aliphatic carboxylic acids is 1. The number of halogens is 1. The highest BCUT2D eigenvalue weighted by Gasteiger charge is 2.19. The van der Waals surface area contributed by atoms with E-state index in [0.717, 1.165) is 29.8 Å². The van der Waals surface area contributed by atoms with Crippen LogP contribution >= 0.6 is 11.6 Å². The zero-order valence-electron chi connectivity index (χ0n) is 17.4. The summed E-state index contributed by atoms with van der Waals surface area (Å²) in [6.07, 6.45) is 5.09. The van der Waals surface area contributed by atoms with Crippen molar-refractivity contribution in [3.05, 3.63) is 93.5 Å². The van der Waals surface area contributed by atoms with Gasteiger partial charge in [-0.25, -0.2) is 9.78 Å². The molecule has 0 aliphatic carbocycles. The molecule has 31 heavy (non-hydrogen) atoms. The molecule has 5 nitrogen and oxygen atoms in total. The number of rotatable bonds is 10. The molecule has 0 saturated carbocycles. The molecule has 1 aromatic heterocycles. The first-order valence-corrected chi connectivity index (χ1v) is 10.7. The summed E-state index contributed by atoms with van der Waals surface area (Å²) in [5.41, 5.74) is 2.69. The van der Waals surface area contributed by atoms with Crippen LogP contribution in [0.5, 0.6) is 0 Å². The van der Waals surface area contributed by atoms with E-state index in [4.69, 9.17) is 11.6 Å². The molecule has 1 heterocycles. The predicted octanol–water partition coefficient (Wildman–Crippen LogP) is 5.45. The van der Waals surface area contributed by atoms with Crippen LogP contribution in [0.25, 0.3) is 6.08 Å².